The first-order valence-corrected chi connectivity index (χ1v) is 7.55. The van der Waals surface area contributed by atoms with E-state index in [-0.39, 0.29) is 12.0 Å². The quantitative estimate of drug-likeness (QED) is 0.756. The summed E-state index contributed by atoms with van der Waals surface area (Å²) in [7, 11) is 2.05. The lowest BCUT2D eigenvalue weighted by molar-refractivity contribution is -0.123. The van der Waals surface area contributed by atoms with Crippen LogP contribution in [0.3, 0.4) is 0 Å². The SMILES string of the molecule is CN(CC(=O)NCC1CCCCO1)C1CCNCC1. The van der Waals surface area contributed by atoms with E-state index in [0.717, 1.165) is 45.4 Å². The third-order valence-corrected chi connectivity index (χ3v) is 4.13. The molecule has 2 aliphatic rings. The molecule has 2 N–H and O–H groups in total. The van der Waals surface area contributed by atoms with Crippen LogP contribution in [0.4, 0.5) is 0 Å². The third kappa shape index (κ3) is 5.09. The summed E-state index contributed by atoms with van der Waals surface area (Å²) < 4.78 is 5.61. The molecule has 0 aromatic rings. The number of carbonyl (C=O) groups excluding carboxylic acids is 1. The van der Waals surface area contributed by atoms with Crippen molar-refractivity contribution in [2.75, 3.05) is 39.8 Å². The highest BCUT2D eigenvalue weighted by Crippen LogP contribution is 2.12. The maximum Gasteiger partial charge on any atom is 0.234 e. The zero-order chi connectivity index (χ0) is 13.5. The van der Waals surface area contributed by atoms with Crippen molar-refractivity contribution >= 4 is 5.91 Å². The van der Waals surface area contributed by atoms with Crippen LogP contribution in [0, 0.1) is 0 Å². The summed E-state index contributed by atoms with van der Waals surface area (Å²) in [4.78, 5) is 14.1. The summed E-state index contributed by atoms with van der Waals surface area (Å²) >= 11 is 0. The van der Waals surface area contributed by atoms with Gasteiger partial charge in [-0.25, -0.2) is 0 Å². The average Bonchev–Trinajstić information content (AvgIpc) is 2.47. The summed E-state index contributed by atoms with van der Waals surface area (Å²) in [5, 5.41) is 6.35. The van der Waals surface area contributed by atoms with Crippen LogP contribution in [0.25, 0.3) is 0 Å². The van der Waals surface area contributed by atoms with Gasteiger partial charge in [-0.1, -0.05) is 0 Å². The summed E-state index contributed by atoms with van der Waals surface area (Å²) in [6.45, 7) is 4.13. The second kappa shape index (κ2) is 7.82. The molecule has 2 saturated heterocycles. The molecule has 2 rings (SSSR count). The highest BCUT2D eigenvalue weighted by Gasteiger charge is 2.20. The molecular weight excluding hydrogens is 242 g/mol. The van der Waals surface area contributed by atoms with Gasteiger partial charge in [-0.05, 0) is 52.2 Å². The monoisotopic (exact) mass is 269 g/mol. The Bertz CT molecular complexity index is 274. The van der Waals surface area contributed by atoms with Gasteiger partial charge in [-0.15, -0.1) is 0 Å². The molecule has 2 aliphatic heterocycles. The Labute approximate surface area is 116 Å². The zero-order valence-corrected chi connectivity index (χ0v) is 12.0. The fourth-order valence-corrected chi connectivity index (χ4v) is 2.86. The van der Waals surface area contributed by atoms with Crippen LogP contribution < -0.4 is 10.6 Å². The van der Waals surface area contributed by atoms with Gasteiger partial charge in [0, 0.05) is 19.2 Å². The smallest absolute Gasteiger partial charge is 0.234 e. The Morgan fingerprint density at radius 1 is 1.32 bits per heavy atom. The number of likely N-dealkylation sites (N-methyl/N-ethyl adjacent to an activating group) is 1. The van der Waals surface area contributed by atoms with Crippen molar-refractivity contribution in [3.8, 4) is 0 Å². The average molecular weight is 269 g/mol. The summed E-state index contributed by atoms with van der Waals surface area (Å²) in [5.74, 6) is 0.121. The van der Waals surface area contributed by atoms with Crippen LogP contribution in [-0.2, 0) is 9.53 Å². The standard InChI is InChI=1S/C14H27N3O2/c1-17(12-5-7-15-8-6-12)11-14(18)16-10-13-4-2-3-9-19-13/h12-13,15H,2-11H2,1H3,(H,16,18). The number of amides is 1. The van der Waals surface area contributed by atoms with Gasteiger partial charge < -0.3 is 15.4 Å². The molecule has 0 radical (unpaired) electrons. The predicted molar refractivity (Wildman–Crippen MR) is 75.1 cm³/mol. The molecule has 5 nitrogen and oxygen atoms in total. The fourth-order valence-electron chi connectivity index (χ4n) is 2.86. The predicted octanol–water partition coefficient (Wildman–Crippen LogP) is 0.356. The van der Waals surface area contributed by atoms with Gasteiger partial charge >= 0.3 is 0 Å². The van der Waals surface area contributed by atoms with Gasteiger partial charge in [0.1, 0.15) is 0 Å². The largest absolute Gasteiger partial charge is 0.376 e. The molecule has 0 spiro atoms. The lowest BCUT2D eigenvalue weighted by Gasteiger charge is -2.31. The highest BCUT2D eigenvalue weighted by atomic mass is 16.5. The molecule has 5 heteroatoms. The molecule has 1 amide bonds. The molecule has 19 heavy (non-hydrogen) atoms. The van der Waals surface area contributed by atoms with Crippen molar-refractivity contribution < 1.29 is 9.53 Å². The summed E-state index contributed by atoms with van der Waals surface area (Å²) in [5.41, 5.74) is 0. The highest BCUT2D eigenvalue weighted by molar-refractivity contribution is 5.78. The molecular formula is C14H27N3O2. The Morgan fingerprint density at radius 3 is 2.79 bits per heavy atom. The number of carbonyl (C=O) groups is 1. The van der Waals surface area contributed by atoms with Crippen molar-refractivity contribution in [1.82, 2.24) is 15.5 Å². The minimum atomic E-state index is 0.121. The molecule has 0 bridgehead atoms. The Kier molecular flexibility index (Phi) is 6.07. The van der Waals surface area contributed by atoms with Gasteiger partial charge in [0.15, 0.2) is 0 Å². The number of rotatable bonds is 5. The molecule has 0 aromatic carbocycles. The van der Waals surface area contributed by atoms with Gasteiger partial charge in [0.2, 0.25) is 5.91 Å². The van der Waals surface area contributed by atoms with Crippen LogP contribution in [0.2, 0.25) is 0 Å². The molecule has 2 heterocycles. The van der Waals surface area contributed by atoms with Gasteiger partial charge in [0.05, 0.1) is 12.6 Å². The number of ether oxygens (including phenoxy) is 1. The second-order valence-corrected chi connectivity index (χ2v) is 5.69. The van der Waals surface area contributed by atoms with E-state index in [1.54, 1.807) is 0 Å². The van der Waals surface area contributed by atoms with Crippen LogP contribution in [0.5, 0.6) is 0 Å². The lowest BCUT2D eigenvalue weighted by Crippen LogP contribution is -2.46. The van der Waals surface area contributed by atoms with Gasteiger partial charge in [-0.2, -0.15) is 0 Å². The number of nitrogens with zero attached hydrogens (tertiary/aromatic N) is 1. The van der Waals surface area contributed by atoms with E-state index in [2.05, 4.69) is 15.5 Å². The topological polar surface area (TPSA) is 53.6 Å². The van der Waals surface area contributed by atoms with Crippen molar-refractivity contribution in [1.29, 1.82) is 0 Å². The first-order chi connectivity index (χ1) is 9.25. The Balaban J connectivity index is 1.62. The molecule has 110 valence electrons. The normalized spacial score (nSPS) is 25.5. The molecule has 0 saturated carbocycles. The first kappa shape index (κ1) is 14.8. The lowest BCUT2D eigenvalue weighted by atomic mass is 10.1. The molecule has 0 aromatic heterocycles. The van der Waals surface area contributed by atoms with Crippen LogP contribution in [0.1, 0.15) is 32.1 Å². The van der Waals surface area contributed by atoms with Crippen molar-refractivity contribution in [2.45, 2.75) is 44.2 Å². The van der Waals surface area contributed by atoms with E-state index in [1.165, 1.54) is 6.42 Å². The fraction of sp³-hybridized carbons (Fsp3) is 0.929. The van der Waals surface area contributed by atoms with Crippen molar-refractivity contribution in [3.63, 3.8) is 0 Å². The molecule has 0 aliphatic carbocycles. The van der Waals surface area contributed by atoms with E-state index in [4.69, 9.17) is 4.74 Å². The number of piperidine rings is 1. The number of hydrogen-bond donors (Lipinski definition) is 2. The number of nitrogens with one attached hydrogen (secondary N) is 2. The number of hydrogen-bond acceptors (Lipinski definition) is 4. The van der Waals surface area contributed by atoms with Gasteiger partial charge in [0.25, 0.3) is 0 Å². The summed E-state index contributed by atoms with van der Waals surface area (Å²) in [6.07, 6.45) is 5.94. The van der Waals surface area contributed by atoms with E-state index in [1.807, 2.05) is 7.05 Å². The minimum absolute atomic E-state index is 0.121. The van der Waals surface area contributed by atoms with E-state index >= 15 is 0 Å². The molecule has 2 fully saturated rings. The maximum absolute atomic E-state index is 11.9. The van der Waals surface area contributed by atoms with Crippen molar-refractivity contribution in [2.24, 2.45) is 0 Å². The molecule has 1 unspecified atom stereocenters. The van der Waals surface area contributed by atoms with Crippen molar-refractivity contribution in [3.05, 3.63) is 0 Å². The third-order valence-electron chi connectivity index (χ3n) is 4.13. The maximum atomic E-state index is 11.9. The van der Waals surface area contributed by atoms with E-state index < -0.39 is 0 Å². The molecule has 1 atom stereocenters. The summed E-state index contributed by atoms with van der Waals surface area (Å²) in [6, 6.07) is 0.540. The van der Waals surface area contributed by atoms with Crippen LogP contribution in [0.15, 0.2) is 0 Å². The van der Waals surface area contributed by atoms with E-state index in [0.29, 0.717) is 19.1 Å². The Hall–Kier alpha value is -0.650. The van der Waals surface area contributed by atoms with Crippen LogP contribution >= 0.6 is 0 Å². The Morgan fingerprint density at radius 2 is 2.11 bits per heavy atom. The van der Waals surface area contributed by atoms with Crippen LogP contribution in [-0.4, -0.2) is 62.8 Å². The second-order valence-electron chi connectivity index (χ2n) is 5.69. The minimum Gasteiger partial charge on any atom is -0.376 e. The first-order valence-electron chi connectivity index (χ1n) is 7.55. The zero-order valence-electron chi connectivity index (χ0n) is 12.0. The van der Waals surface area contributed by atoms with Gasteiger partial charge in [-0.3, -0.25) is 9.69 Å². The van der Waals surface area contributed by atoms with E-state index in [9.17, 15) is 4.79 Å².